The maximum absolute atomic E-state index is 11.8. The van der Waals surface area contributed by atoms with E-state index in [1.807, 2.05) is 13.8 Å². The number of nitrogens with one attached hydrogen (secondary N) is 1. The lowest BCUT2D eigenvalue weighted by molar-refractivity contribution is 0.102. The van der Waals surface area contributed by atoms with Crippen LogP contribution in [0, 0.1) is 0 Å². The summed E-state index contributed by atoms with van der Waals surface area (Å²) in [7, 11) is 0. The second kappa shape index (κ2) is 5.28. The zero-order valence-corrected chi connectivity index (χ0v) is 11.0. The van der Waals surface area contributed by atoms with Crippen molar-refractivity contribution in [2.45, 2.75) is 26.3 Å². The Balaban J connectivity index is 2.06. The van der Waals surface area contributed by atoms with E-state index in [4.69, 9.17) is 10.2 Å². The molecule has 0 spiro atoms. The molecule has 0 radical (unpaired) electrons. The standard InChI is InChI=1S/C11H14N4O2S/c1-6(2)10-14-15-11(18-10)13-9(16)7-3-8(4-12)17-5-7/h3,5-6H,4,12H2,1-2H3,(H,13,15,16). The van der Waals surface area contributed by atoms with E-state index in [0.717, 1.165) is 5.01 Å². The van der Waals surface area contributed by atoms with E-state index in [1.165, 1.54) is 17.6 Å². The third kappa shape index (κ3) is 2.74. The van der Waals surface area contributed by atoms with Crippen LogP contribution in [0.2, 0.25) is 0 Å². The number of aromatic nitrogens is 2. The first-order valence-corrected chi connectivity index (χ1v) is 6.34. The summed E-state index contributed by atoms with van der Waals surface area (Å²) >= 11 is 1.37. The summed E-state index contributed by atoms with van der Waals surface area (Å²) in [5, 5.41) is 12.0. The first-order valence-electron chi connectivity index (χ1n) is 5.52. The fourth-order valence-corrected chi connectivity index (χ4v) is 2.04. The van der Waals surface area contributed by atoms with Crippen LogP contribution in [0.15, 0.2) is 16.7 Å². The summed E-state index contributed by atoms with van der Waals surface area (Å²) in [6.07, 6.45) is 1.38. The second-order valence-corrected chi connectivity index (χ2v) is 5.07. The average molecular weight is 266 g/mol. The van der Waals surface area contributed by atoms with Crippen molar-refractivity contribution in [1.82, 2.24) is 10.2 Å². The molecule has 2 rings (SSSR count). The molecule has 2 heterocycles. The van der Waals surface area contributed by atoms with Crippen molar-refractivity contribution in [3.05, 3.63) is 28.7 Å². The highest BCUT2D eigenvalue weighted by molar-refractivity contribution is 7.15. The van der Waals surface area contributed by atoms with Gasteiger partial charge in [-0.15, -0.1) is 10.2 Å². The highest BCUT2D eigenvalue weighted by Gasteiger charge is 2.13. The largest absolute Gasteiger partial charge is 0.467 e. The maximum Gasteiger partial charge on any atom is 0.260 e. The Bertz CT molecular complexity index is 547. The average Bonchev–Trinajstić information content (AvgIpc) is 2.96. The van der Waals surface area contributed by atoms with Gasteiger partial charge in [0.2, 0.25) is 5.13 Å². The van der Waals surface area contributed by atoms with Crippen LogP contribution in [0.5, 0.6) is 0 Å². The van der Waals surface area contributed by atoms with Gasteiger partial charge in [0.25, 0.3) is 5.91 Å². The van der Waals surface area contributed by atoms with Crippen molar-refractivity contribution in [2.24, 2.45) is 5.73 Å². The molecule has 96 valence electrons. The molecule has 0 saturated heterocycles. The zero-order chi connectivity index (χ0) is 13.1. The van der Waals surface area contributed by atoms with Crippen molar-refractivity contribution in [2.75, 3.05) is 5.32 Å². The summed E-state index contributed by atoms with van der Waals surface area (Å²) in [6, 6.07) is 1.61. The Hall–Kier alpha value is -1.73. The monoisotopic (exact) mass is 266 g/mol. The van der Waals surface area contributed by atoms with Crippen LogP contribution >= 0.6 is 11.3 Å². The summed E-state index contributed by atoms with van der Waals surface area (Å²) in [5.74, 6) is 0.594. The highest BCUT2D eigenvalue weighted by Crippen LogP contribution is 2.22. The van der Waals surface area contributed by atoms with Gasteiger partial charge in [-0.3, -0.25) is 10.1 Å². The lowest BCUT2D eigenvalue weighted by Crippen LogP contribution is -2.10. The first kappa shape index (κ1) is 12.7. The molecule has 2 aromatic rings. The first-order chi connectivity index (χ1) is 8.60. The number of anilines is 1. The predicted molar refractivity (Wildman–Crippen MR) is 68.6 cm³/mol. The minimum Gasteiger partial charge on any atom is -0.467 e. The van der Waals surface area contributed by atoms with E-state index in [0.29, 0.717) is 22.4 Å². The van der Waals surface area contributed by atoms with E-state index in [1.54, 1.807) is 6.07 Å². The minimum absolute atomic E-state index is 0.267. The number of furan rings is 1. The third-order valence-electron chi connectivity index (χ3n) is 2.27. The summed E-state index contributed by atoms with van der Waals surface area (Å²) in [4.78, 5) is 11.8. The fourth-order valence-electron chi connectivity index (χ4n) is 1.29. The molecule has 6 nitrogen and oxygen atoms in total. The van der Waals surface area contributed by atoms with E-state index in [2.05, 4.69) is 15.5 Å². The molecule has 0 unspecified atom stereocenters. The third-order valence-corrected chi connectivity index (χ3v) is 3.41. The van der Waals surface area contributed by atoms with Crippen LogP contribution in [0.25, 0.3) is 0 Å². The van der Waals surface area contributed by atoms with Crippen LogP contribution < -0.4 is 11.1 Å². The number of hydrogen-bond acceptors (Lipinski definition) is 6. The summed E-state index contributed by atoms with van der Waals surface area (Å²) in [6.45, 7) is 4.31. The molecular formula is C11H14N4O2S. The maximum atomic E-state index is 11.8. The molecule has 1 amide bonds. The number of carbonyl (C=O) groups excluding carboxylic acids is 1. The topological polar surface area (TPSA) is 94.0 Å². The predicted octanol–water partition coefficient (Wildman–Crippen LogP) is 1.97. The van der Waals surface area contributed by atoms with Crippen molar-refractivity contribution in [3.8, 4) is 0 Å². The Morgan fingerprint density at radius 3 is 2.89 bits per heavy atom. The van der Waals surface area contributed by atoms with Gasteiger partial charge in [-0.2, -0.15) is 0 Å². The van der Waals surface area contributed by atoms with Crippen LogP contribution in [0.4, 0.5) is 5.13 Å². The minimum atomic E-state index is -0.273. The van der Waals surface area contributed by atoms with Crippen LogP contribution in [0.1, 0.15) is 40.9 Å². The smallest absolute Gasteiger partial charge is 0.260 e. The lowest BCUT2D eigenvalue weighted by Gasteiger charge is -1.97. The quantitative estimate of drug-likeness (QED) is 0.882. The molecule has 7 heteroatoms. The molecule has 0 fully saturated rings. The van der Waals surface area contributed by atoms with Crippen molar-refractivity contribution >= 4 is 22.4 Å². The summed E-state index contributed by atoms with van der Waals surface area (Å²) < 4.78 is 5.10. The fraction of sp³-hybridized carbons (Fsp3) is 0.364. The molecule has 0 bridgehead atoms. The molecule has 0 aliphatic rings. The van der Waals surface area contributed by atoms with Gasteiger partial charge in [-0.1, -0.05) is 25.2 Å². The lowest BCUT2D eigenvalue weighted by atomic mass is 10.2. The van der Waals surface area contributed by atoms with E-state index >= 15 is 0 Å². The number of hydrogen-bond donors (Lipinski definition) is 2. The second-order valence-electron chi connectivity index (χ2n) is 4.06. The van der Waals surface area contributed by atoms with Gasteiger partial charge in [-0.25, -0.2) is 0 Å². The molecule has 0 aliphatic heterocycles. The van der Waals surface area contributed by atoms with Crippen molar-refractivity contribution in [3.63, 3.8) is 0 Å². The van der Waals surface area contributed by atoms with Crippen LogP contribution in [0.3, 0.4) is 0 Å². The molecule has 0 saturated carbocycles. The molecule has 2 aromatic heterocycles. The van der Waals surface area contributed by atoms with Crippen LogP contribution in [-0.2, 0) is 6.54 Å². The number of rotatable bonds is 4. The zero-order valence-electron chi connectivity index (χ0n) is 10.1. The molecule has 18 heavy (non-hydrogen) atoms. The number of amides is 1. The van der Waals surface area contributed by atoms with E-state index in [9.17, 15) is 4.79 Å². The van der Waals surface area contributed by atoms with E-state index in [-0.39, 0.29) is 12.5 Å². The molecule has 0 aromatic carbocycles. The molecular weight excluding hydrogens is 252 g/mol. The Morgan fingerprint density at radius 1 is 1.56 bits per heavy atom. The van der Waals surface area contributed by atoms with Crippen molar-refractivity contribution in [1.29, 1.82) is 0 Å². The Labute approximate surface area is 108 Å². The van der Waals surface area contributed by atoms with Gasteiger partial charge in [-0.05, 0) is 6.07 Å². The van der Waals surface area contributed by atoms with Gasteiger partial charge >= 0.3 is 0 Å². The molecule has 0 aliphatic carbocycles. The number of nitrogens with zero attached hydrogens (tertiary/aromatic N) is 2. The normalized spacial score (nSPS) is 10.9. The Morgan fingerprint density at radius 2 is 2.33 bits per heavy atom. The van der Waals surface area contributed by atoms with Gasteiger partial charge in [0.1, 0.15) is 17.0 Å². The number of carbonyl (C=O) groups is 1. The van der Waals surface area contributed by atoms with E-state index < -0.39 is 0 Å². The van der Waals surface area contributed by atoms with Crippen molar-refractivity contribution < 1.29 is 9.21 Å². The van der Waals surface area contributed by atoms with Gasteiger partial charge < -0.3 is 10.2 Å². The van der Waals surface area contributed by atoms with Crippen LogP contribution in [-0.4, -0.2) is 16.1 Å². The SMILES string of the molecule is CC(C)c1nnc(NC(=O)c2coc(CN)c2)s1. The number of nitrogens with two attached hydrogens (primary N) is 1. The van der Waals surface area contributed by atoms with Gasteiger partial charge in [0, 0.05) is 5.92 Å². The highest BCUT2D eigenvalue weighted by atomic mass is 32.1. The molecule has 3 N–H and O–H groups in total. The van der Waals surface area contributed by atoms with Gasteiger partial charge in [0.05, 0.1) is 12.1 Å². The summed E-state index contributed by atoms with van der Waals surface area (Å²) in [5.41, 5.74) is 5.83. The Kier molecular flexibility index (Phi) is 3.73. The van der Waals surface area contributed by atoms with Gasteiger partial charge in [0.15, 0.2) is 0 Å². The molecule has 0 atom stereocenters.